The molecule has 3 N–H and O–H groups in total. The number of carbonyl (C=O) groups excluding carboxylic acids is 1. The van der Waals surface area contributed by atoms with Crippen LogP contribution in [-0.2, 0) is 12.8 Å². The number of thiocarbonyl (C=S) groups is 1. The van der Waals surface area contributed by atoms with Crippen molar-refractivity contribution in [2.45, 2.75) is 39.0 Å². The van der Waals surface area contributed by atoms with E-state index in [0.29, 0.717) is 5.11 Å². The molecule has 7 heteroatoms. The second-order valence-corrected chi connectivity index (χ2v) is 8.11. The molecule has 0 unspecified atom stereocenters. The fraction of sp³-hybridized carbons (Fsp3) is 0.647. The van der Waals surface area contributed by atoms with Gasteiger partial charge in [0.2, 0.25) is 0 Å². The summed E-state index contributed by atoms with van der Waals surface area (Å²) in [6.07, 6.45) is 5.66. The van der Waals surface area contributed by atoms with E-state index in [1.54, 1.807) is 11.3 Å². The normalized spacial score (nSPS) is 16.6. The fourth-order valence-corrected chi connectivity index (χ4v) is 4.13. The zero-order valence-corrected chi connectivity index (χ0v) is 16.4. The molecule has 1 aromatic rings. The minimum atomic E-state index is -0.111. The molecule has 134 valence electrons. The predicted octanol–water partition coefficient (Wildman–Crippen LogP) is 2.32. The lowest BCUT2D eigenvalue weighted by Crippen LogP contribution is -2.47. The SMILES string of the molecule is CC[C@@H]1CCc2sc(C(=O)NNC(=S)NCCCN(C)C)cc2C1. The number of fused-ring (bicyclic) bond motifs is 1. The summed E-state index contributed by atoms with van der Waals surface area (Å²) in [7, 11) is 4.08. The Bertz CT molecular complexity index is 571. The number of hydrazine groups is 1. The van der Waals surface area contributed by atoms with Crippen LogP contribution in [-0.4, -0.2) is 43.1 Å². The van der Waals surface area contributed by atoms with Crippen LogP contribution in [0.2, 0.25) is 0 Å². The van der Waals surface area contributed by atoms with Crippen LogP contribution in [0.3, 0.4) is 0 Å². The molecule has 0 bridgehead atoms. The third kappa shape index (κ3) is 5.72. The van der Waals surface area contributed by atoms with Crippen LogP contribution in [0, 0.1) is 5.92 Å². The number of amides is 1. The van der Waals surface area contributed by atoms with Gasteiger partial charge in [-0.15, -0.1) is 11.3 Å². The van der Waals surface area contributed by atoms with Crippen LogP contribution in [0.5, 0.6) is 0 Å². The van der Waals surface area contributed by atoms with Crippen molar-refractivity contribution in [1.82, 2.24) is 21.1 Å². The number of rotatable bonds is 6. The predicted molar refractivity (Wildman–Crippen MR) is 104 cm³/mol. The van der Waals surface area contributed by atoms with Gasteiger partial charge in [0.15, 0.2) is 5.11 Å². The smallest absolute Gasteiger partial charge is 0.279 e. The largest absolute Gasteiger partial charge is 0.361 e. The van der Waals surface area contributed by atoms with Gasteiger partial charge in [0.05, 0.1) is 4.88 Å². The molecule has 1 heterocycles. The van der Waals surface area contributed by atoms with Gasteiger partial charge in [0.1, 0.15) is 0 Å². The first-order chi connectivity index (χ1) is 11.5. The van der Waals surface area contributed by atoms with E-state index in [4.69, 9.17) is 12.2 Å². The molecule has 5 nitrogen and oxygen atoms in total. The van der Waals surface area contributed by atoms with Gasteiger partial charge in [-0.25, -0.2) is 0 Å². The summed E-state index contributed by atoms with van der Waals surface area (Å²) in [5.74, 6) is 0.653. The third-order valence-electron chi connectivity index (χ3n) is 4.34. The quantitative estimate of drug-likeness (QED) is 0.409. The number of carbonyl (C=O) groups is 1. The first-order valence-corrected chi connectivity index (χ1v) is 9.82. The van der Waals surface area contributed by atoms with Crippen molar-refractivity contribution in [3.8, 4) is 0 Å². The summed E-state index contributed by atoms with van der Waals surface area (Å²) in [4.78, 5) is 16.5. The van der Waals surface area contributed by atoms with Crippen molar-refractivity contribution >= 4 is 34.6 Å². The highest BCUT2D eigenvalue weighted by molar-refractivity contribution is 7.80. The van der Waals surface area contributed by atoms with Crippen LogP contribution >= 0.6 is 23.6 Å². The van der Waals surface area contributed by atoms with E-state index in [-0.39, 0.29) is 5.91 Å². The highest BCUT2D eigenvalue weighted by Gasteiger charge is 2.22. The maximum Gasteiger partial charge on any atom is 0.279 e. The van der Waals surface area contributed by atoms with E-state index >= 15 is 0 Å². The summed E-state index contributed by atoms with van der Waals surface area (Å²) in [5.41, 5.74) is 6.83. The molecule has 0 aromatic carbocycles. The van der Waals surface area contributed by atoms with Crippen molar-refractivity contribution in [3.05, 3.63) is 21.4 Å². The van der Waals surface area contributed by atoms with Crippen molar-refractivity contribution in [2.75, 3.05) is 27.2 Å². The minimum absolute atomic E-state index is 0.111. The summed E-state index contributed by atoms with van der Waals surface area (Å²) in [6.45, 7) is 4.03. The molecule has 0 saturated carbocycles. The molecular weight excluding hydrogens is 340 g/mol. The van der Waals surface area contributed by atoms with Gasteiger partial charge >= 0.3 is 0 Å². The van der Waals surface area contributed by atoms with Crippen LogP contribution < -0.4 is 16.2 Å². The Labute approximate surface area is 154 Å². The molecule has 0 saturated heterocycles. The van der Waals surface area contributed by atoms with E-state index < -0.39 is 0 Å². The Morgan fingerprint density at radius 3 is 2.92 bits per heavy atom. The average Bonchev–Trinajstić information content (AvgIpc) is 2.99. The first-order valence-electron chi connectivity index (χ1n) is 8.60. The van der Waals surface area contributed by atoms with E-state index in [1.807, 2.05) is 20.2 Å². The van der Waals surface area contributed by atoms with Crippen LogP contribution in [0.4, 0.5) is 0 Å². The Balaban J connectivity index is 1.75. The monoisotopic (exact) mass is 368 g/mol. The van der Waals surface area contributed by atoms with Gasteiger partial charge in [-0.3, -0.25) is 15.6 Å². The third-order valence-corrected chi connectivity index (χ3v) is 5.83. The number of nitrogens with one attached hydrogen (secondary N) is 3. The van der Waals surface area contributed by atoms with Crippen molar-refractivity contribution in [3.63, 3.8) is 0 Å². The van der Waals surface area contributed by atoms with Crippen molar-refractivity contribution in [1.29, 1.82) is 0 Å². The van der Waals surface area contributed by atoms with Crippen molar-refractivity contribution in [2.24, 2.45) is 5.92 Å². The topological polar surface area (TPSA) is 56.4 Å². The van der Waals surface area contributed by atoms with Gasteiger partial charge in [-0.1, -0.05) is 13.3 Å². The summed E-state index contributed by atoms with van der Waals surface area (Å²) >= 11 is 6.78. The molecule has 0 aliphatic heterocycles. The molecule has 1 atom stereocenters. The second kappa shape index (κ2) is 9.34. The van der Waals surface area contributed by atoms with Gasteiger partial charge in [-0.05, 0) is 76.1 Å². The van der Waals surface area contributed by atoms with Crippen molar-refractivity contribution < 1.29 is 4.79 Å². The maximum absolute atomic E-state index is 12.3. The Hall–Kier alpha value is -1.18. The lowest BCUT2D eigenvalue weighted by Gasteiger charge is -2.19. The van der Waals surface area contributed by atoms with E-state index in [9.17, 15) is 4.79 Å². The highest BCUT2D eigenvalue weighted by atomic mass is 32.1. The van der Waals surface area contributed by atoms with Crippen LogP contribution in [0.1, 0.15) is 46.3 Å². The first kappa shape index (κ1) is 19.1. The standard InChI is InChI=1S/C17H28N4OS2/c1-4-12-6-7-14-13(10-12)11-15(24-14)16(22)19-20-17(23)18-8-5-9-21(2)3/h11-12H,4-10H2,1-3H3,(H,19,22)(H2,18,20,23)/t12-/m1/s1. The Kier molecular flexibility index (Phi) is 7.45. The van der Waals surface area contributed by atoms with Crippen LogP contribution in [0.15, 0.2) is 6.07 Å². The molecule has 1 aliphatic carbocycles. The Morgan fingerprint density at radius 2 is 2.21 bits per heavy atom. The molecule has 0 fully saturated rings. The summed E-state index contributed by atoms with van der Waals surface area (Å²) < 4.78 is 0. The number of aryl methyl sites for hydroxylation is 1. The van der Waals surface area contributed by atoms with Crippen LogP contribution in [0.25, 0.3) is 0 Å². The molecule has 0 spiro atoms. The molecule has 1 aliphatic rings. The molecule has 0 radical (unpaired) electrons. The van der Waals surface area contributed by atoms with E-state index in [0.717, 1.165) is 43.1 Å². The number of thiophene rings is 1. The van der Waals surface area contributed by atoms with Gasteiger partial charge < -0.3 is 10.2 Å². The molecule has 1 amide bonds. The van der Waals surface area contributed by atoms with E-state index in [2.05, 4.69) is 28.0 Å². The fourth-order valence-electron chi connectivity index (χ4n) is 2.88. The minimum Gasteiger partial charge on any atom is -0.361 e. The lowest BCUT2D eigenvalue weighted by atomic mass is 9.87. The molecular formula is C17H28N4OS2. The average molecular weight is 369 g/mol. The van der Waals surface area contributed by atoms with Gasteiger partial charge in [0, 0.05) is 11.4 Å². The lowest BCUT2D eigenvalue weighted by molar-refractivity contribution is 0.0947. The highest BCUT2D eigenvalue weighted by Crippen LogP contribution is 2.33. The zero-order valence-electron chi connectivity index (χ0n) is 14.8. The second-order valence-electron chi connectivity index (χ2n) is 6.57. The summed E-state index contributed by atoms with van der Waals surface area (Å²) in [5, 5.41) is 3.54. The number of nitrogens with zero attached hydrogens (tertiary/aromatic N) is 1. The molecule has 1 aromatic heterocycles. The number of hydrogen-bond acceptors (Lipinski definition) is 4. The van der Waals surface area contributed by atoms with Gasteiger partial charge in [-0.2, -0.15) is 0 Å². The Morgan fingerprint density at radius 1 is 1.42 bits per heavy atom. The molecule has 2 rings (SSSR count). The number of hydrogen-bond donors (Lipinski definition) is 3. The zero-order chi connectivity index (χ0) is 17.5. The summed E-state index contributed by atoms with van der Waals surface area (Å²) in [6, 6.07) is 2.05. The maximum atomic E-state index is 12.3. The van der Waals surface area contributed by atoms with Gasteiger partial charge in [0.25, 0.3) is 5.91 Å². The molecule has 24 heavy (non-hydrogen) atoms. The van der Waals surface area contributed by atoms with E-state index in [1.165, 1.54) is 23.3 Å².